The third-order valence-electron chi connectivity index (χ3n) is 2.70. The van der Waals surface area contributed by atoms with Gasteiger partial charge in [-0.25, -0.2) is 4.39 Å². The largest absolute Gasteiger partial charge is 0.330 e. The average Bonchev–Trinajstić information content (AvgIpc) is 2.91. The number of pyridine rings is 1. The first-order valence-corrected chi connectivity index (χ1v) is 7.34. The summed E-state index contributed by atoms with van der Waals surface area (Å²) in [5, 5.41) is 12.8. The monoisotopic (exact) mass is 320 g/mol. The minimum absolute atomic E-state index is 0.0678. The Morgan fingerprint density at radius 1 is 1.19 bits per heavy atom. The van der Waals surface area contributed by atoms with Crippen molar-refractivity contribution in [2.24, 2.45) is 0 Å². The molecule has 21 heavy (non-hydrogen) atoms. The molecule has 0 aliphatic rings. The number of halogens is 2. The van der Waals surface area contributed by atoms with E-state index in [-0.39, 0.29) is 5.02 Å². The summed E-state index contributed by atoms with van der Waals surface area (Å²) in [4.78, 5) is 4.25. The number of nitrogens with one attached hydrogen (secondary N) is 1. The highest BCUT2D eigenvalue weighted by molar-refractivity contribution is 7.15. The first-order chi connectivity index (χ1) is 10.2. The molecule has 0 bridgehead atoms. The van der Waals surface area contributed by atoms with Gasteiger partial charge in [-0.1, -0.05) is 29.0 Å². The van der Waals surface area contributed by atoms with Crippen molar-refractivity contribution in [3.8, 4) is 0 Å². The molecule has 4 nitrogen and oxygen atoms in total. The maximum Gasteiger partial charge on any atom is 0.210 e. The zero-order valence-corrected chi connectivity index (χ0v) is 12.3. The molecule has 2 aromatic heterocycles. The minimum Gasteiger partial charge on any atom is -0.330 e. The van der Waals surface area contributed by atoms with E-state index < -0.39 is 5.82 Å². The van der Waals surface area contributed by atoms with Crippen LogP contribution >= 0.6 is 22.9 Å². The van der Waals surface area contributed by atoms with E-state index >= 15 is 0 Å². The van der Waals surface area contributed by atoms with E-state index in [2.05, 4.69) is 20.5 Å². The molecule has 0 amide bonds. The summed E-state index contributed by atoms with van der Waals surface area (Å²) in [5.74, 6) is -0.449. The molecule has 0 saturated carbocycles. The molecular weight excluding hydrogens is 311 g/mol. The number of rotatable bonds is 4. The quantitative estimate of drug-likeness (QED) is 0.787. The fourth-order valence-corrected chi connectivity index (χ4v) is 2.69. The van der Waals surface area contributed by atoms with Crippen LogP contribution in [0.3, 0.4) is 0 Å². The Morgan fingerprint density at radius 3 is 2.86 bits per heavy atom. The van der Waals surface area contributed by atoms with Crippen molar-refractivity contribution in [2.75, 3.05) is 5.32 Å². The molecule has 0 aliphatic carbocycles. The predicted molar refractivity (Wildman–Crippen MR) is 81.6 cm³/mol. The lowest BCUT2D eigenvalue weighted by Gasteiger charge is -2.02. The molecule has 106 valence electrons. The van der Waals surface area contributed by atoms with Crippen LogP contribution in [-0.4, -0.2) is 15.2 Å². The van der Waals surface area contributed by atoms with Crippen LogP contribution in [0.5, 0.6) is 0 Å². The number of anilines is 2. The summed E-state index contributed by atoms with van der Waals surface area (Å²) in [7, 11) is 0. The van der Waals surface area contributed by atoms with Crippen molar-refractivity contribution >= 4 is 33.8 Å². The molecule has 0 unspecified atom stereocenters. The highest BCUT2D eigenvalue weighted by atomic mass is 35.5. The third-order valence-corrected chi connectivity index (χ3v) is 3.82. The molecule has 2 heterocycles. The molecule has 3 rings (SSSR count). The molecule has 0 atom stereocenters. The van der Waals surface area contributed by atoms with Crippen molar-refractivity contribution in [1.82, 2.24) is 15.2 Å². The summed E-state index contributed by atoms with van der Waals surface area (Å²) < 4.78 is 13.1. The molecular formula is C14H10ClFN4S. The molecule has 1 aromatic carbocycles. The van der Waals surface area contributed by atoms with Gasteiger partial charge in [0, 0.05) is 24.0 Å². The van der Waals surface area contributed by atoms with E-state index in [1.807, 2.05) is 18.2 Å². The average molecular weight is 321 g/mol. The Morgan fingerprint density at radius 2 is 2.10 bits per heavy atom. The summed E-state index contributed by atoms with van der Waals surface area (Å²) in [5.41, 5.74) is 1.60. The van der Waals surface area contributed by atoms with E-state index in [4.69, 9.17) is 11.6 Å². The second-order valence-corrected chi connectivity index (χ2v) is 5.72. The zero-order chi connectivity index (χ0) is 14.7. The third kappa shape index (κ3) is 3.53. The van der Waals surface area contributed by atoms with Gasteiger partial charge < -0.3 is 5.32 Å². The van der Waals surface area contributed by atoms with Gasteiger partial charge in [-0.15, -0.1) is 10.2 Å². The molecule has 0 fully saturated rings. The van der Waals surface area contributed by atoms with Gasteiger partial charge in [0.2, 0.25) is 5.13 Å². The highest BCUT2D eigenvalue weighted by Crippen LogP contribution is 2.25. The number of hydrogen-bond donors (Lipinski definition) is 1. The maximum absolute atomic E-state index is 13.1. The first-order valence-electron chi connectivity index (χ1n) is 6.15. The van der Waals surface area contributed by atoms with Crippen molar-refractivity contribution in [3.05, 3.63) is 64.1 Å². The predicted octanol–water partition coefficient (Wildman–Crippen LogP) is 4.06. The van der Waals surface area contributed by atoms with Crippen LogP contribution in [-0.2, 0) is 6.42 Å². The lowest BCUT2D eigenvalue weighted by Crippen LogP contribution is -1.90. The topological polar surface area (TPSA) is 50.7 Å². The molecule has 0 saturated heterocycles. The summed E-state index contributed by atoms with van der Waals surface area (Å²) in [6.45, 7) is 0. The molecule has 1 N–H and O–H groups in total. The Bertz CT molecular complexity index is 748. The van der Waals surface area contributed by atoms with Gasteiger partial charge in [-0.3, -0.25) is 4.98 Å². The van der Waals surface area contributed by atoms with Crippen LogP contribution in [0, 0.1) is 5.82 Å². The number of hydrogen-bond acceptors (Lipinski definition) is 5. The smallest absolute Gasteiger partial charge is 0.210 e. The van der Waals surface area contributed by atoms with Crippen molar-refractivity contribution in [1.29, 1.82) is 0 Å². The maximum atomic E-state index is 13.1. The normalized spacial score (nSPS) is 10.6. The first kappa shape index (κ1) is 13.9. The SMILES string of the molecule is Fc1ccc(Nc2nnc(Cc3ccccn3)s2)cc1Cl. The Labute approximate surface area is 129 Å². The van der Waals surface area contributed by atoms with Gasteiger partial charge in [0.1, 0.15) is 10.8 Å². The summed E-state index contributed by atoms with van der Waals surface area (Å²) >= 11 is 7.16. The van der Waals surface area contributed by atoms with Gasteiger partial charge in [-0.05, 0) is 30.3 Å². The van der Waals surface area contributed by atoms with Crippen molar-refractivity contribution < 1.29 is 4.39 Å². The Kier molecular flexibility index (Phi) is 4.08. The Hall–Kier alpha value is -2.05. The van der Waals surface area contributed by atoms with Crippen molar-refractivity contribution in [2.45, 2.75) is 6.42 Å². The minimum atomic E-state index is -0.449. The fourth-order valence-electron chi connectivity index (χ4n) is 1.73. The van der Waals surface area contributed by atoms with Crippen LogP contribution in [0.1, 0.15) is 10.7 Å². The standard InChI is InChI=1S/C14H10ClFN4S/c15-11-7-10(4-5-12(11)16)18-14-20-19-13(21-14)8-9-3-1-2-6-17-9/h1-7H,8H2,(H,18,20). The van der Waals surface area contributed by atoms with Gasteiger partial charge in [0.05, 0.1) is 5.02 Å². The van der Waals surface area contributed by atoms with E-state index in [1.54, 1.807) is 12.3 Å². The molecule has 7 heteroatoms. The van der Waals surface area contributed by atoms with Crippen LogP contribution in [0.4, 0.5) is 15.2 Å². The van der Waals surface area contributed by atoms with Crippen LogP contribution < -0.4 is 5.32 Å². The number of aromatic nitrogens is 3. The van der Waals surface area contributed by atoms with Crippen LogP contribution in [0.2, 0.25) is 5.02 Å². The summed E-state index contributed by atoms with van der Waals surface area (Å²) in [6, 6.07) is 10.2. The lowest BCUT2D eigenvalue weighted by atomic mass is 10.3. The molecule has 0 spiro atoms. The van der Waals surface area contributed by atoms with Crippen molar-refractivity contribution in [3.63, 3.8) is 0 Å². The van der Waals surface area contributed by atoms with Gasteiger partial charge in [0.15, 0.2) is 0 Å². The molecule has 3 aromatic rings. The van der Waals surface area contributed by atoms with E-state index in [9.17, 15) is 4.39 Å². The second kappa shape index (κ2) is 6.15. The van der Waals surface area contributed by atoms with Crippen LogP contribution in [0.25, 0.3) is 0 Å². The zero-order valence-electron chi connectivity index (χ0n) is 10.8. The fraction of sp³-hybridized carbons (Fsp3) is 0.0714. The van der Waals surface area contributed by atoms with E-state index in [1.165, 1.54) is 23.5 Å². The van der Waals surface area contributed by atoms with E-state index in [0.717, 1.165) is 10.7 Å². The Balaban J connectivity index is 1.71. The van der Waals surface area contributed by atoms with Gasteiger partial charge in [0.25, 0.3) is 0 Å². The van der Waals surface area contributed by atoms with Gasteiger partial charge >= 0.3 is 0 Å². The number of benzene rings is 1. The lowest BCUT2D eigenvalue weighted by molar-refractivity contribution is 0.628. The highest BCUT2D eigenvalue weighted by Gasteiger charge is 2.07. The van der Waals surface area contributed by atoms with E-state index in [0.29, 0.717) is 17.2 Å². The second-order valence-electron chi connectivity index (χ2n) is 4.25. The van der Waals surface area contributed by atoms with Gasteiger partial charge in [-0.2, -0.15) is 0 Å². The molecule has 0 aliphatic heterocycles. The number of nitrogens with zero attached hydrogens (tertiary/aromatic N) is 3. The molecule has 0 radical (unpaired) electrons. The summed E-state index contributed by atoms with van der Waals surface area (Å²) in [6.07, 6.45) is 2.38. The van der Waals surface area contributed by atoms with Crippen LogP contribution in [0.15, 0.2) is 42.6 Å².